The van der Waals surface area contributed by atoms with Gasteiger partial charge in [-0.05, 0) is 25.7 Å². The van der Waals surface area contributed by atoms with E-state index in [9.17, 15) is 0 Å². The number of nitrogens with one attached hydrogen (secondary N) is 2. The van der Waals surface area contributed by atoms with E-state index >= 15 is 0 Å². The first-order chi connectivity index (χ1) is 12.7. The van der Waals surface area contributed by atoms with Crippen LogP contribution in [0.3, 0.4) is 0 Å². The van der Waals surface area contributed by atoms with Crippen molar-refractivity contribution in [1.29, 1.82) is 0 Å². The van der Waals surface area contributed by atoms with Gasteiger partial charge in [-0.1, -0.05) is 13.8 Å². The second kappa shape index (κ2) is 14.2. The number of ether oxygens (including phenoxy) is 2. The summed E-state index contributed by atoms with van der Waals surface area (Å²) in [6.07, 6.45) is 5.96. The molecule has 7 nitrogen and oxygen atoms in total. The van der Waals surface area contributed by atoms with E-state index in [0.717, 1.165) is 70.7 Å². The Kier molecular flexibility index (Phi) is 12.7. The maximum Gasteiger partial charge on any atom is 0.191 e. The van der Waals surface area contributed by atoms with Gasteiger partial charge in [-0.2, -0.15) is 0 Å². The predicted molar refractivity (Wildman–Crippen MR) is 120 cm³/mol. The van der Waals surface area contributed by atoms with Crippen LogP contribution in [0, 0.1) is 11.8 Å². The Morgan fingerprint density at radius 2 is 2.30 bits per heavy atom. The van der Waals surface area contributed by atoms with Gasteiger partial charge in [0.1, 0.15) is 12.4 Å². The molecule has 0 saturated carbocycles. The van der Waals surface area contributed by atoms with Crippen LogP contribution in [0.4, 0.5) is 0 Å². The molecule has 1 aromatic rings. The van der Waals surface area contributed by atoms with Crippen LogP contribution >= 0.6 is 24.0 Å². The topological polar surface area (TPSA) is 72.7 Å². The van der Waals surface area contributed by atoms with Crippen LogP contribution in [0.1, 0.15) is 39.4 Å². The maximum atomic E-state index is 5.74. The van der Waals surface area contributed by atoms with Crippen LogP contribution in [0.2, 0.25) is 0 Å². The van der Waals surface area contributed by atoms with Gasteiger partial charge in [0, 0.05) is 51.2 Å². The van der Waals surface area contributed by atoms with Crippen molar-refractivity contribution < 1.29 is 9.47 Å². The van der Waals surface area contributed by atoms with Crippen LogP contribution in [0.15, 0.2) is 17.4 Å². The summed E-state index contributed by atoms with van der Waals surface area (Å²) in [5, 5.41) is 6.65. The van der Waals surface area contributed by atoms with E-state index in [1.54, 1.807) is 0 Å². The van der Waals surface area contributed by atoms with E-state index < -0.39 is 0 Å². The van der Waals surface area contributed by atoms with Gasteiger partial charge in [0.2, 0.25) is 0 Å². The lowest BCUT2D eigenvalue weighted by atomic mass is 10.1. The fourth-order valence-corrected chi connectivity index (χ4v) is 2.89. The quantitative estimate of drug-likeness (QED) is 0.215. The molecule has 2 N–H and O–H groups in total. The number of nitrogens with zero attached hydrogens (tertiary/aromatic N) is 3. The smallest absolute Gasteiger partial charge is 0.191 e. The maximum absolute atomic E-state index is 5.74. The van der Waals surface area contributed by atoms with Gasteiger partial charge >= 0.3 is 0 Å². The summed E-state index contributed by atoms with van der Waals surface area (Å²) in [6, 6.07) is 0. The molecule has 1 aliphatic heterocycles. The summed E-state index contributed by atoms with van der Waals surface area (Å²) in [4.78, 5) is 9.09. The van der Waals surface area contributed by atoms with Crippen molar-refractivity contribution in [1.82, 2.24) is 20.2 Å². The van der Waals surface area contributed by atoms with E-state index in [-0.39, 0.29) is 24.0 Å². The first-order valence-corrected chi connectivity index (χ1v) is 9.86. The lowest BCUT2D eigenvalue weighted by molar-refractivity contribution is 0.0888. The van der Waals surface area contributed by atoms with Gasteiger partial charge in [0.05, 0.1) is 13.2 Å². The molecule has 1 unspecified atom stereocenters. The van der Waals surface area contributed by atoms with Crippen LogP contribution in [0.5, 0.6) is 0 Å². The van der Waals surface area contributed by atoms with E-state index in [1.807, 2.05) is 12.4 Å². The van der Waals surface area contributed by atoms with Crippen molar-refractivity contribution >= 4 is 29.9 Å². The number of aromatic nitrogens is 2. The highest BCUT2D eigenvalue weighted by atomic mass is 127. The Balaban J connectivity index is 0.00000364. The highest BCUT2D eigenvalue weighted by Crippen LogP contribution is 2.12. The van der Waals surface area contributed by atoms with Gasteiger partial charge in [0.25, 0.3) is 0 Å². The molecule has 1 fully saturated rings. The molecule has 0 aliphatic carbocycles. The molecule has 0 amide bonds. The lowest BCUT2D eigenvalue weighted by Crippen LogP contribution is -2.38. The molecule has 2 heterocycles. The molecule has 8 heteroatoms. The van der Waals surface area contributed by atoms with E-state index in [4.69, 9.17) is 9.47 Å². The molecular formula is C19H36IN5O2. The molecule has 1 saturated heterocycles. The molecule has 1 aromatic heterocycles. The Labute approximate surface area is 180 Å². The molecule has 27 heavy (non-hydrogen) atoms. The van der Waals surface area contributed by atoms with Crippen LogP contribution in [-0.4, -0.2) is 55.0 Å². The zero-order valence-corrected chi connectivity index (χ0v) is 19.3. The van der Waals surface area contributed by atoms with Crippen LogP contribution in [-0.2, 0) is 22.6 Å². The van der Waals surface area contributed by atoms with Gasteiger partial charge in [-0.3, -0.25) is 0 Å². The average molecular weight is 493 g/mol. The summed E-state index contributed by atoms with van der Waals surface area (Å²) in [7, 11) is 0. The molecule has 0 aromatic carbocycles. The number of halogens is 1. The first kappa shape index (κ1) is 24.2. The molecule has 0 radical (unpaired) electrons. The highest BCUT2D eigenvalue weighted by molar-refractivity contribution is 14.0. The number of imidazole rings is 1. The second-order valence-electron chi connectivity index (χ2n) is 7.17. The SMILES string of the molecule is CCNC(=NCc1nccn1CC(C)C)NCCCOCC1CCOC1.I. The van der Waals surface area contributed by atoms with Crippen molar-refractivity contribution in [3.05, 3.63) is 18.2 Å². The van der Waals surface area contributed by atoms with Crippen LogP contribution in [0.25, 0.3) is 0 Å². The third kappa shape index (κ3) is 9.75. The van der Waals surface area contributed by atoms with Crippen molar-refractivity contribution in [2.24, 2.45) is 16.8 Å². The highest BCUT2D eigenvalue weighted by Gasteiger charge is 2.15. The molecule has 0 bridgehead atoms. The third-order valence-electron chi connectivity index (χ3n) is 4.22. The number of rotatable bonds is 11. The van der Waals surface area contributed by atoms with Gasteiger partial charge in [0.15, 0.2) is 5.96 Å². The number of guanidine groups is 1. The summed E-state index contributed by atoms with van der Waals surface area (Å²) in [6.45, 7) is 13.0. The van der Waals surface area contributed by atoms with Crippen molar-refractivity contribution in [3.8, 4) is 0 Å². The minimum atomic E-state index is 0. The van der Waals surface area contributed by atoms with E-state index in [0.29, 0.717) is 18.4 Å². The largest absolute Gasteiger partial charge is 0.381 e. The van der Waals surface area contributed by atoms with Gasteiger partial charge < -0.3 is 24.7 Å². The number of aliphatic imine (C=N–C) groups is 1. The monoisotopic (exact) mass is 493 g/mol. The minimum Gasteiger partial charge on any atom is -0.381 e. The fourth-order valence-electron chi connectivity index (χ4n) is 2.89. The van der Waals surface area contributed by atoms with Crippen molar-refractivity contribution in [3.63, 3.8) is 0 Å². The molecular weight excluding hydrogens is 457 g/mol. The van der Waals surface area contributed by atoms with E-state index in [1.165, 1.54) is 0 Å². The standard InChI is InChI=1S/C19H35N5O2.HI/c1-4-20-19(22-7-5-10-25-14-17-6-11-26-15-17)23-12-18-21-8-9-24(18)13-16(2)3;/h8-9,16-17H,4-7,10-15H2,1-3H3,(H2,20,22,23);1H. The average Bonchev–Trinajstić information content (AvgIpc) is 3.27. The summed E-state index contributed by atoms with van der Waals surface area (Å²) < 4.78 is 13.3. The predicted octanol–water partition coefficient (Wildman–Crippen LogP) is 2.66. The summed E-state index contributed by atoms with van der Waals surface area (Å²) in [5.74, 6) is 3.00. The van der Waals surface area contributed by atoms with Gasteiger partial charge in [-0.15, -0.1) is 24.0 Å². The zero-order chi connectivity index (χ0) is 18.6. The third-order valence-corrected chi connectivity index (χ3v) is 4.22. The Hall–Kier alpha value is -0.870. The molecule has 1 atom stereocenters. The Morgan fingerprint density at radius 3 is 3.00 bits per heavy atom. The molecule has 0 spiro atoms. The molecule has 156 valence electrons. The second-order valence-corrected chi connectivity index (χ2v) is 7.17. The lowest BCUT2D eigenvalue weighted by Gasteiger charge is -2.13. The molecule has 2 rings (SSSR count). The van der Waals surface area contributed by atoms with Crippen LogP contribution < -0.4 is 10.6 Å². The first-order valence-electron chi connectivity index (χ1n) is 9.86. The number of hydrogen-bond acceptors (Lipinski definition) is 4. The minimum absolute atomic E-state index is 0. The molecule has 1 aliphatic rings. The fraction of sp³-hybridized carbons (Fsp3) is 0.789. The number of hydrogen-bond donors (Lipinski definition) is 2. The van der Waals surface area contributed by atoms with Gasteiger partial charge in [-0.25, -0.2) is 9.98 Å². The Morgan fingerprint density at radius 1 is 1.44 bits per heavy atom. The summed E-state index contributed by atoms with van der Waals surface area (Å²) in [5.41, 5.74) is 0. The Bertz CT molecular complexity index is 530. The summed E-state index contributed by atoms with van der Waals surface area (Å²) >= 11 is 0. The van der Waals surface area contributed by atoms with E-state index in [2.05, 4.69) is 45.9 Å². The van der Waals surface area contributed by atoms with Crippen molar-refractivity contribution in [2.75, 3.05) is 39.5 Å². The van der Waals surface area contributed by atoms with Crippen molar-refractivity contribution in [2.45, 2.75) is 46.7 Å². The normalized spacial score (nSPS) is 17.2. The zero-order valence-electron chi connectivity index (χ0n) is 16.9.